The van der Waals surface area contributed by atoms with Crippen molar-refractivity contribution in [2.75, 3.05) is 6.61 Å². The third-order valence-electron chi connectivity index (χ3n) is 7.73. The van der Waals surface area contributed by atoms with Gasteiger partial charge in [-0.1, -0.05) is 19.9 Å². The lowest BCUT2D eigenvalue weighted by Gasteiger charge is -2.46. The van der Waals surface area contributed by atoms with Crippen LogP contribution >= 0.6 is 0 Å². The Hall–Kier alpha value is -0.910. The van der Waals surface area contributed by atoms with Crippen LogP contribution in [0.15, 0.2) is 11.6 Å². The van der Waals surface area contributed by atoms with Gasteiger partial charge in [0.2, 0.25) is 0 Å². The van der Waals surface area contributed by atoms with Crippen molar-refractivity contribution in [1.29, 1.82) is 0 Å². The number of esters is 1. The van der Waals surface area contributed by atoms with Crippen LogP contribution in [0.4, 0.5) is 0 Å². The first-order chi connectivity index (χ1) is 12.7. The van der Waals surface area contributed by atoms with E-state index in [-0.39, 0.29) is 30.2 Å². The van der Waals surface area contributed by atoms with Crippen LogP contribution in [-0.4, -0.2) is 47.7 Å². The maximum atomic E-state index is 11.9. The van der Waals surface area contributed by atoms with Gasteiger partial charge in [-0.15, -0.1) is 0 Å². The van der Waals surface area contributed by atoms with Gasteiger partial charge in [0, 0.05) is 18.8 Å². The second kappa shape index (κ2) is 6.85. The fraction of sp³-hybridized carbons (Fsp3) is 0.864. The second-order valence-electron chi connectivity index (χ2n) is 9.69. The summed E-state index contributed by atoms with van der Waals surface area (Å²) in [6.45, 7) is 10.8. The molecule has 2 saturated heterocycles. The molecule has 3 aliphatic heterocycles. The zero-order valence-electron chi connectivity index (χ0n) is 17.2. The number of carbonyl (C=O) groups excluding carboxylic acids is 1. The highest BCUT2D eigenvalue weighted by Crippen LogP contribution is 2.57. The van der Waals surface area contributed by atoms with Gasteiger partial charge in [0.1, 0.15) is 6.10 Å². The zero-order valence-corrected chi connectivity index (χ0v) is 17.2. The van der Waals surface area contributed by atoms with Crippen LogP contribution in [0.1, 0.15) is 53.9 Å². The smallest absolute Gasteiger partial charge is 0.302 e. The maximum Gasteiger partial charge on any atom is 0.302 e. The Kier molecular flexibility index (Phi) is 4.93. The van der Waals surface area contributed by atoms with E-state index in [9.17, 15) is 9.90 Å². The normalized spacial score (nSPS) is 54.0. The van der Waals surface area contributed by atoms with Crippen LogP contribution in [-0.2, 0) is 19.0 Å². The van der Waals surface area contributed by atoms with E-state index in [0.717, 1.165) is 25.0 Å². The standard InChI is InChI=1S/C22H34O5/c1-11-9-17-19-18-15(8-12(2)20(19)26-14(4)23)13(3)10-25-22(5,21(18)27-17)7-6-16(11)24/h9,12-13,15-21,24H,6-8,10H2,1-5H3/b11-9-/t12-,13+,15?,16-,17+,18+,19+,20-,21+,22+/m1/s1. The molecule has 4 rings (SSSR count). The molecule has 2 bridgehead atoms. The first kappa shape index (κ1) is 19.4. The molecule has 0 aromatic heterocycles. The molecule has 0 amide bonds. The van der Waals surface area contributed by atoms with Crippen molar-refractivity contribution >= 4 is 5.97 Å². The number of aliphatic hydroxyl groups is 1. The summed E-state index contributed by atoms with van der Waals surface area (Å²) >= 11 is 0. The highest BCUT2D eigenvalue weighted by Gasteiger charge is 2.62. The fourth-order valence-electron chi connectivity index (χ4n) is 6.25. The molecular formula is C22H34O5. The van der Waals surface area contributed by atoms with E-state index in [1.54, 1.807) is 0 Å². The molecule has 4 aliphatic rings. The lowest BCUT2D eigenvalue weighted by molar-refractivity contribution is -0.159. The molecule has 0 aromatic carbocycles. The molecule has 27 heavy (non-hydrogen) atoms. The highest BCUT2D eigenvalue weighted by atomic mass is 16.6. The van der Waals surface area contributed by atoms with Crippen LogP contribution in [0.3, 0.4) is 0 Å². The Morgan fingerprint density at radius 2 is 2.04 bits per heavy atom. The molecule has 0 spiro atoms. The van der Waals surface area contributed by atoms with Crippen molar-refractivity contribution < 1.29 is 24.1 Å². The predicted octanol–water partition coefficient (Wildman–Crippen LogP) is 3.10. The van der Waals surface area contributed by atoms with Crippen LogP contribution < -0.4 is 0 Å². The van der Waals surface area contributed by atoms with Crippen LogP contribution in [0.25, 0.3) is 0 Å². The Labute approximate surface area is 162 Å². The minimum atomic E-state index is -0.475. The van der Waals surface area contributed by atoms with Crippen molar-refractivity contribution in [1.82, 2.24) is 0 Å². The van der Waals surface area contributed by atoms with Crippen molar-refractivity contribution in [2.24, 2.45) is 29.6 Å². The molecule has 0 aromatic rings. The van der Waals surface area contributed by atoms with Gasteiger partial charge in [-0.3, -0.25) is 4.79 Å². The Morgan fingerprint density at radius 1 is 1.30 bits per heavy atom. The molecule has 1 saturated carbocycles. The minimum Gasteiger partial charge on any atom is -0.462 e. The number of rotatable bonds is 1. The first-order valence-corrected chi connectivity index (χ1v) is 10.5. The van der Waals surface area contributed by atoms with Crippen LogP contribution in [0, 0.1) is 29.6 Å². The van der Waals surface area contributed by atoms with E-state index < -0.39 is 11.7 Å². The number of fused-ring (bicyclic) bond motifs is 2. The van der Waals surface area contributed by atoms with Crippen LogP contribution in [0.2, 0.25) is 0 Å². The largest absolute Gasteiger partial charge is 0.462 e. The summed E-state index contributed by atoms with van der Waals surface area (Å²) in [5, 5.41) is 10.6. The predicted molar refractivity (Wildman–Crippen MR) is 101 cm³/mol. The van der Waals surface area contributed by atoms with Gasteiger partial charge in [0.05, 0.1) is 30.5 Å². The Bertz CT molecular complexity index is 630. The third-order valence-corrected chi connectivity index (χ3v) is 7.73. The topological polar surface area (TPSA) is 65.0 Å². The SMILES string of the molecule is CC(=O)O[C@H]1[C@@H]2[C@@H]3C(C[C@H]1C)[C@@H](C)CO[C@@]1(C)CC[C@@H](O)/C(C)=C\[C@@H]2O[C@@H]31. The monoisotopic (exact) mass is 378 g/mol. The third kappa shape index (κ3) is 3.16. The van der Waals surface area contributed by atoms with Gasteiger partial charge < -0.3 is 19.3 Å². The maximum absolute atomic E-state index is 11.9. The van der Waals surface area contributed by atoms with Gasteiger partial charge in [-0.25, -0.2) is 0 Å². The summed E-state index contributed by atoms with van der Waals surface area (Å²) in [6, 6.07) is 0. The summed E-state index contributed by atoms with van der Waals surface area (Å²) < 4.78 is 19.0. The summed E-state index contributed by atoms with van der Waals surface area (Å²) in [5.74, 6) is 1.46. The van der Waals surface area contributed by atoms with Crippen molar-refractivity contribution in [3.63, 3.8) is 0 Å². The molecular weight excluding hydrogens is 344 g/mol. The Morgan fingerprint density at radius 3 is 2.74 bits per heavy atom. The molecule has 1 unspecified atom stereocenters. The van der Waals surface area contributed by atoms with E-state index in [1.165, 1.54) is 6.92 Å². The minimum absolute atomic E-state index is 0.0256. The quantitative estimate of drug-likeness (QED) is 0.561. The molecule has 5 heteroatoms. The highest BCUT2D eigenvalue weighted by molar-refractivity contribution is 5.66. The number of ether oxygens (including phenoxy) is 3. The summed E-state index contributed by atoms with van der Waals surface area (Å²) in [4.78, 5) is 11.9. The number of carbonyl (C=O) groups is 1. The molecule has 152 valence electrons. The molecule has 3 heterocycles. The van der Waals surface area contributed by atoms with Crippen LogP contribution in [0.5, 0.6) is 0 Å². The summed E-state index contributed by atoms with van der Waals surface area (Å²) in [6.07, 6.45) is 3.80. The molecule has 5 nitrogen and oxygen atoms in total. The molecule has 1 N–H and O–H groups in total. The van der Waals surface area contributed by atoms with Gasteiger partial charge in [-0.2, -0.15) is 0 Å². The zero-order chi connectivity index (χ0) is 19.5. The summed E-state index contributed by atoms with van der Waals surface area (Å²) in [7, 11) is 0. The molecule has 0 radical (unpaired) electrons. The average molecular weight is 379 g/mol. The number of hydrogen-bond acceptors (Lipinski definition) is 5. The van der Waals surface area contributed by atoms with Gasteiger partial charge >= 0.3 is 5.97 Å². The first-order valence-electron chi connectivity index (χ1n) is 10.5. The molecule has 10 atom stereocenters. The van der Waals surface area contributed by atoms with Crippen molar-refractivity contribution in [2.45, 2.75) is 83.9 Å². The number of aliphatic hydroxyl groups excluding tert-OH is 1. The van der Waals surface area contributed by atoms with E-state index in [1.807, 2.05) is 6.92 Å². The van der Waals surface area contributed by atoms with E-state index >= 15 is 0 Å². The molecule has 3 fully saturated rings. The van der Waals surface area contributed by atoms with E-state index in [2.05, 4.69) is 26.8 Å². The van der Waals surface area contributed by atoms with E-state index in [4.69, 9.17) is 14.2 Å². The number of hydrogen-bond donors (Lipinski definition) is 1. The fourth-order valence-corrected chi connectivity index (χ4v) is 6.25. The van der Waals surface area contributed by atoms with E-state index in [0.29, 0.717) is 30.1 Å². The Balaban J connectivity index is 1.82. The van der Waals surface area contributed by atoms with Gasteiger partial charge in [0.25, 0.3) is 0 Å². The average Bonchev–Trinajstić information content (AvgIpc) is 2.95. The lowest BCUT2D eigenvalue weighted by atomic mass is 9.59. The van der Waals surface area contributed by atoms with Crippen molar-refractivity contribution in [3.05, 3.63) is 11.6 Å². The molecule has 1 aliphatic carbocycles. The van der Waals surface area contributed by atoms with Crippen molar-refractivity contribution in [3.8, 4) is 0 Å². The van der Waals surface area contributed by atoms with Gasteiger partial charge in [0.15, 0.2) is 0 Å². The van der Waals surface area contributed by atoms with Gasteiger partial charge in [-0.05, 0) is 56.4 Å². The summed E-state index contributed by atoms with van der Waals surface area (Å²) in [5.41, 5.74) is 0.536. The lowest BCUT2D eigenvalue weighted by Crippen LogP contribution is -2.52. The second-order valence-corrected chi connectivity index (χ2v) is 9.69.